The Labute approximate surface area is 82.8 Å². The van der Waals surface area contributed by atoms with E-state index in [-0.39, 0.29) is 0 Å². The highest BCUT2D eigenvalue weighted by Gasteiger charge is 2.12. The monoisotopic (exact) mass is 192 g/mol. The molecule has 0 saturated heterocycles. The Morgan fingerprint density at radius 3 is 2.71 bits per heavy atom. The van der Waals surface area contributed by atoms with Gasteiger partial charge in [0.2, 0.25) is 5.88 Å². The zero-order valence-electron chi connectivity index (χ0n) is 8.40. The van der Waals surface area contributed by atoms with Crippen molar-refractivity contribution in [3.8, 4) is 11.9 Å². The third kappa shape index (κ3) is 1.83. The molecule has 74 valence electrons. The van der Waals surface area contributed by atoms with Gasteiger partial charge in [0.25, 0.3) is 0 Å². The van der Waals surface area contributed by atoms with E-state index < -0.39 is 6.10 Å². The second-order valence-electron chi connectivity index (χ2n) is 3.01. The average molecular weight is 192 g/mol. The van der Waals surface area contributed by atoms with Crippen LogP contribution >= 0.6 is 0 Å². The molecule has 1 atom stereocenters. The molecule has 0 aliphatic carbocycles. The molecule has 0 spiro atoms. The van der Waals surface area contributed by atoms with Crippen LogP contribution in [0.1, 0.15) is 29.8 Å². The van der Waals surface area contributed by atoms with E-state index in [1.807, 2.05) is 6.07 Å². The van der Waals surface area contributed by atoms with Crippen LogP contribution in [0.4, 0.5) is 0 Å². The number of methoxy groups -OCH3 is 1. The Balaban J connectivity index is 3.32. The molecule has 1 unspecified atom stereocenters. The van der Waals surface area contributed by atoms with Gasteiger partial charge in [-0.3, -0.25) is 0 Å². The highest BCUT2D eigenvalue weighted by Crippen LogP contribution is 2.22. The molecule has 0 saturated carbocycles. The van der Waals surface area contributed by atoms with Crippen molar-refractivity contribution in [3.63, 3.8) is 0 Å². The third-order valence-corrected chi connectivity index (χ3v) is 1.98. The fourth-order valence-corrected chi connectivity index (χ4v) is 1.26. The van der Waals surface area contributed by atoms with Crippen molar-refractivity contribution in [2.75, 3.05) is 7.11 Å². The summed E-state index contributed by atoms with van der Waals surface area (Å²) in [7, 11) is 1.46. The molecule has 0 radical (unpaired) electrons. The van der Waals surface area contributed by atoms with Crippen LogP contribution in [-0.4, -0.2) is 17.2 Å². The standard InChI is InChI=1S/C10H12N2O2/c1-6-9(7(2)13)4-8(5-11)10(12-6)14-3/h4,7,13H,1-3H3. The van der Waals surface area contributed by atoms with Crippen LogP contribution in [0.3, 0.4) is 0 Å². The van der Waals surface area contributed by atoms with E-state index in [2.05, 4.69) is 4.98 Å². The molecule has 1 heterocycles. The summed E-state index contributed by atoms with van der Waals surface area (Å²) in [6.07, 6.45) is -0.625. The predicted molar refractivity (Wildman–Crippen MR) is 50.9 cm³/mol. The molecule has 0 fully saturated rings. The molecular formula is C10H12N2O2. The molecule has 14 heavy (non-hydrogen) atoms. The fourth-order valence-electron chi connectivity index (χ4n) is 1.26. The van der Waals surface area contributed by atoms with E-state index in [4.69, 9.17) is 10.00 Å². The van der Waals surface area contributed by atoms with Gasteiger partial charge in [-0.05, 0) is 19.9 Å². The molecule has 4 nitrogen and oxygen atoms in total. The van der Waals surface area contributed by atoms with Crippen LogP contribution in [0.5, 0.6) is 5.88 Å². The van der Waals surface area contributed by atoms with Gasteiger partial charge in [-0.25, -0.2) is 4.98 Å². The molecule has 0 aromatic carbocycles. The number of aryl methyl sites for hydroxylation is 1. The van der Waals surface area contributed by atoms with Gasteiger partial charge >= 0.3 is 0 Å². The van der Waals surface area contributed by atoms with Gasteiger partial charge in [-0.15, -0.1) is 0 Å². The zero-order chi connectivity index (χ0) is 10.7. The van der Waals surface area contributed by atoms with Gasteiger partial charge in [0.05, 0.1) is 13.2 Å². The van der Waals surface area contributed by atoms with Crippen molar-refractivity contribution in [2.24, 2.45) is 0 Å². The molecule has 4 heteroatoms. The SMILES string of the molecule is COc1nc(C)c(C(C)O)cc1C#N. The number of rotatable bonds is 2. The van der Waals surface area contributed by atoms with Crippen molar-refractivity contribution >= 4 is 0 Å². The minimum atomic E-state index is -0.625. The van der Waals surface area contributed by atoms with Crippen LogP contribution in [0, 0.1) is 18.3 Å². The summed E-state index contributed by atoms with van der Waals surface area (Å²) in [5.41, 5.74) is 1.67. The summed E-state index contributed by atoms with van der Waals surface area (Å²) >= 11 is 0. The van der Waals surface area contributed by atoms with Gasteiger partial charge in [0, 0.05) is 11.3 Å². The van der Waals surface area contributed by atoms with Crippen molar-refractivity contribution in [3.05, 3.63) is 22.9 Å². The van der Waals surface area contributed by atoms with Gasteiger partial charge < -0.3 is 9.84 Å². The minimum absolute atomic E-state index is 0.300. The second-order valence-corrected chi connectivity index (χ2v) is 3.01. The van der Waals surface area contributed by atoms with Crippen molar-refractivity contribution in [1.29, 1.82) is 5.26 Å². The van der Waals surface area contributed by atoms with Gasteiger partial charge in [-0.2, -0.15) is 5.26 Å². The predicted octanol–water partition coefficient (Wildman–Crippen LogP) is 1.32. The van der Waals surface area contributed by atoms with Crippen LogP contribution < -0.4 is 4.74 Å². The highest BCUT2D eigenvalue weighted by molar-refractivity contribution is 5.42. The fraction of sp³-hybridized carbons (Fsp3) is 0.400. The number of ether oxygens (including phenoxy) is 1. The number of hydrogen-bond donors (Lipinski definition) is 1. The lowest BCUT2D eigenvalue weighted by Crippen LogP contribution is -2.01. The lowest BCUT2D eigenvalue weighted by molar-refractivity contribution is 0.197. The summed E-state index contributed by atoms with van der Waals surface area (Å²) in [4.78, 5) is 4.08. The maximum Gasteiger partial charge on any atom is 0.231 e. The Morgan fingerprint density at radius 1 is 1.64 bits per heavy atom. The first-order chi connectivity index (χ1) is 6.60. The Bertz CT molecular complexity index is 380. The Morgan fingerprint density at radius 2 is 2.29 bits per heavy atom. The first kappa shape index (κ1) is 10.5. The molecule has 1 aromatic heterocycles. The molecule has 1 aromatic rings. The maximum atomic E-state index is 9.40. The maximum absolute atomic E-state index is 9.40. The van der Waals surface area contributed by atoms with E-state index in [9.17, 15) is 5.11 Å². The number of nitrogens with zero attached hydrogens (tertiary/aromatic N) is 2. The van der Waals surface area contributed by atoms with Crippen LogP contribution in [0.2, 0.25) is 0 Å². The molecule has 0 amide bonds. The summed E-state index contributed by atoms with van der Waals surface area (Å²) in [5.74, 6) is 0.300. The summed E-state index contributed by atoms with van der Waals surface area (Å²) in [6, 6.07) is 3.57. The summed E-state index contributed by atoms with van der Waals surface area (Å²) in [6.45, 7) is 3.41. The molecule has 0 bridgehead atoms. The molecule has 0 aliphatic rings. The number of aliphatic hydroxyl groups excluding tert-OH is 1. The first-order valence-electron chi connectivity index (χ1n) is 4.23. The van der Waals surface area contributed by atoms with E-state index in [1.165, 1.54) is 7.11 Å². The van der Waals surface area contributed by atoms with Gasteiger partial charge in [0.1, 0.15) is 11.6 Å². The van der Waals surface area contributed by atoms with Crippen molar-refractivity contribution < 1.29 is 9.84 Å². The van der Waals surface area contributed by atoms with Crippen LogP contribution in [0.15, 0.2) is 6.07 Å². The minimum Gasteiger partial charge on any atom is -0.480 e. The smallest absolute Gasteiger partial charge is 0.231 e. The van der Waals surface area contributed by atoms with Crippen molar-refractivity contribution in [2.45, 2.75) is 20.0 Å². The van der Waals surface area contributed by atoms with Gasteiger partial charge in [0.15, 0.2) is 0 Å². The topological polar surface area (TPSA) is 66.1 Å². The largest absolute Gasteiger partial charge is 0.480 e. The number of nitriles is 1. The number of aromatic nitrogens is 1. The number of hydrogen-bond acceptors (Lipinski definition) is 4. The van der Waals surface area contributed by atoms with E-state index >= 15 is 0 Å². The second kappa shape index (κ2) is 4.07. The normalized spacial score (nSPS) is 11.9. The lowest BCUT2D eigenvalue weighted by atomic mass is 10.1. The molecule has 0 aliphatic heterocycles. The lowest BCUT2D eigenvalue weighted by Gasteiger charge is -2.10. The van der Waals surface area contributed by atoms with E-state index in [0.29, 0.717) is 22.7 Å². The first-order valence-corrected chi connectivity index (χ1v) is 4.23. The van der Waals surface area contributed by atoms with Crippen molar-refractivity contribution in [1.82, 2.24) is 4.98 Å². The molecular weight excluding hydrogens is 180 g/mol. The number of pyridine rings is 1. The summed E-state index contributed by atoms with van der Waals surface area (Å²) in [5, 5.41) is 18.2. The van der Waals surface area contributed by atoms with E-state index in [0.717, 1.165) is 0 Å². The van der Waals surface area contributed by atoms with Crippen LogP contribution in [0.25, 0.3) is 0 Å². The molecule has 1 N–H and O–H groups in total. The van der Waals surface area contributed by atoms with Gasteiger partial charge in [-0.1, -0.05) is 0 Å². The van der Waals surface area contributed by atoms with Crippen LogP contribution in [-0.2, 0) is 0 Å². The third-order valence-electron chi connectivity index (χ3n) is 1.98. The Kier molecular flexibility index (Phi) is 3.05. The average Bonchev–Trinajstić information content (AvgIpc) is 2.16. The highest BCUT2D eigenvalue weighted by atomic mass is 16.5. The van der Waals surface area contributed by atoms with E-state index in [1.54, 1.807) is 19.9 Å². The zero-order valence-corrected chi connectivity index (χ0v) is 8.40. The molecule has 1 rings (SSSR count). The Hall–Kier alpha value is -1.60. The number of aliphatic hydroxyl groups is 1. The summed E-state index contributed by atoms with van der Waals surface area (Å²) < 4.78 is 4.94. The quantitative estimate of drug-likeness (QED) is 0.767.